The molecular formula is C61H109N9O24. The highest BCUT2D eigenvalue weighted by Gasteiger charge is 2.48. The highest BCUT2D eigenvalue weighted by atomic mass is 16.7. The van der Waals surface area contributed by atoms with E-state index in [1.54, 1.807) is 7.05 Å². The van der Waals surface area contributed by atoms with Crippen LogP contribution in [0.5, 0.6) is 0 Å². The predicted molar refractivity (Wildman–Crippen MR) is 332 cm³/mol. The van der Waals surface area contributed by atoms with Crippen LogP contribution >= 0.6 is 0 Å². The summed E-state index contributed by atoms with van der Waals surface area (Å²) in [4.78, 5) is 114. The zero-order chi connectivity index (χ0) is 69.5. The molecule has 0 spiro atoms. The Morgan fingerprint density at radius 2 is 0.691 bits per heavy atom. The van der Waals surface area contributed by atoms with Crippen molar-refractivity contribution < 1.29 is 118 Å². The number of nitrogens with one attached hydrogen (secondary N) is 9. The van der Waals surface area contributed by atoms with Gasteiger partial charge in [0.05, 0.1) is 19.8 Å². The molecule has 0 saturated carbocycles. The molecule has 18 N–H and O–H groups in total. The Bertz CT molecular complexity index is 2270. The summed E-state index contributed by atoms with van der Waals surface area (Å²) in [5, 5.41) is 116. The molecule has 3 heterocycles. The molecule has 0 aromatic heterocycles. The van der Waals surface area contributed by atoms with E-state index in [0.29, 0.717) is 109 Å². The average Bonchev–Trinajstić information content (AvgIpc) is 0.829. The van der Waals surface area contributed by atoms with E-state index in [4.69, 9.17) is 28.4 Å². The van der Waals surface area contributed by atoms with Gasteiger partial charge < -0.3 is 122 Å². The molecule has 0 aromatic carbocycles. The highest BCUT2D eigenvalue weighted by molar-refractivity contribution is 5.92. The first-order valence-corrected chi connectivity index (χ1v) is 33.1. The number of carbonyl (C=O) groups excluding carboxylic acids is 9. The normalized spacial score (nSPS) is 26.6. The molecule has 0 bridgehead atoms. The fourth-order valence-corrected chi connectivity index (χ4v) is 10.8. The van der Waals surface area contributed by atoms with Crippen molar-refractivity contribution in [1.82, 2.24) is 47.9 Å². The Labute approximate surface area is 549 Å². The minimum Gasteiger partial charge on any atom is -0.394 e. The third-order valence-corrected chi connectivity index (χ3v) is 16.2. The zero-order valence-electron chi connectivity index (χ0n) is 54.9. The van der Waals surface area contributed by atoms with E-state index in [2.05, 4.69) is 47.9 Å². The fourth-order valence-electron chi connectivity index (χ4n) is 10.8. The lowest BCUT2D eigenvalue weighted by atomic mass is 9.97. The number of rotatable bonds is 47. The average molecular weight is 1350 g/mol. The van der Waals surface area contributed by atoms with Gasteiger partial charge in [-0.25, -0.2) is 0 Å². The summed E-state index contributed by atoms with van der Waals surface area (Å²) in [5.41, 5.74) is 0. The summed E-state index contributed by atoms with van der Waals surface area (Å²) in [5.74, 6) is -3.57. The van der Waals surface area contributed by atoms with Crippen molar-refractivity contribution in [2.24, 2.45) is 0 Å². The van der Waals surface area contributed by atoms with Crippen molar-refractivity contribution in [3.8, 4) is 0 Å². The summed E-state index contributed by atoms with van der Waals surface area (Å²) in [6, 6.07) is -5.43. The van der Waals surface area contributed by atoms with E-state index in [9.17, 15) is 89.1 Å². The maximum Gasteiger partial charge on any atom is 0.243 e. The monoisotopic (exact) mass is 1350 g/mol. The number of aliphatic hydroxyl groups excluding tert-OH is 9. The maximum atomic E-state index is 14.3. The van der Waals surface area contributed by atoms with Gasteiger partial charge in [-0.3, -0.25) is 43.2 Å². The van der Waals surface area contributed by atoms with E-state index >= 15 is 0 Å². The van der Waals surface area contributed by atoms with Gasteiger partial charge in [-0.05, 0) is 89.9 Å². The predicted octanol–water partition coefficient (Wildman–Crippen LogP) is -4.49. The van der Waals surface area contributed by atoms with Crippen LogP contribution in [0.15, 0.2) is 0 Å². The van der Waals surface area contributed by atoms with Crippen LogP contribution in [-0.2, 0) is 71.6 Å². The Hall–Kier alpha value is -5.37. The van der Waals surface area contributed by atoms with E-state index in [0.717, 1.165) is 0 Å². The quantitative estimate of drug-likeness (QED) is 0.0255. The Kier molecular flexibility index (Phi) is 41.2. The van der Waals surface area contributed by atoms with E-state index in [1.165, 1.54) is 20.8 Å². The molecule has 33 heteroatoms. The van der Waals surface area contributed by atoms with Gasteiger partial charge >= 0.3 is 0 Å². The van der Waals surface area contributed by atoms with Gasteiger partial charge in [0.2, 0.25) is 53.2 Å². The Balaban J connectivity index is 1.58. The third-order valence-electron chi connectivity index (χ3n) is 16.2. The first kappa shape index (κ1) is 82.9. The molecule has 0 radical (unpaired) electrons. The van der Waals surface area contributed by atoms with Crippen molar-refractivity contribution in [2.75, 3.05) is 66.3 Å². The molecule has 9 amide bonds. The molecule has 542 valence electrons. The van der Waals surface area contributed by atoms with Crippen molar-refractivity contribution in [3.63, 3.8) is 0 Å². The van der Waals surface area contributed by atoms with E-state index < -0.39 is 159 Å². The number of amides is 9. The molecule has 3 rings (SSSR count). The molecule has 94 heavy (non-hydrogen) atoms. The van der Waals surface area contributed by atoms with Crippen molar-refractivity contribution in [1.29, 1.82) is 0 Å². The van der Waals surface area contributed by atoms with Crippen LogP contribution in [0.2, 0.25) is 0 Å². The second kappa shape index (κ2) is 46.7. The Morgan fingerprint density at radius 3 is 1.04 bits per heavy atom. The van der Waals surface area contributed by atoms with Gasteiger partial charge in [0.25, 0.3) is 0 Å². The highest BCUT2D eigenvalue weighted by Crippen LogP contribution is 2.26. The first-order valence-electron chi connectivity index (χ1n) is 33.1. The Morgan fingerprint density at radius 1 is 0.372 bits per heavy atom. The lowest BCUT2D eigenvalue weighted by Crippen LogP contribution is -2.64. The number of carbonyl (C=O) groups is 9. The topological polar surface area (TPSA) is 499 Å². The lowest BCUT2D eigenvalue weighted by Gasteiger charge is -2.42. The molecule has 0 aromatic rings. The molecule has 3 fully saturated rings. The van der Waals surface area contributed by atoms with Crippen LogP contribution in [0.25, 0.3) is 0 Å². The second-order valence-corrected chi connectivity index (χ2v) is 24.0. The molecule has 33 nitrogen and oxygen atoms in total. The standard InChI is InChI=1S/C61H109N9O24/c1-36(74)66-48-54(84)51(81)41(33-71)92-59(48)89-30-18-6-10-24-45(78)63-27-16-13-21-39(57(87)65-29-15-5-9-23-44(77)62-4)70-58(88)40(69-47(80)26-12-8-20-32-91-61-50(68-38(3)76)56(86)53(83)43(35-73)94-61)22-14-17-28-64-46(79)25-11-7-19-31-90-60-49(67-37(2)75)55(85)52(82)42(34-72)93-60/h39-43,48-56,59-61,71-73,81-86H,5-35H2,1-4H3,(H,62,77)(H,63,78)(H,64,79)(H,65,87)(H,66,74)(H,67,75)(H,68,76)(H,69,80)(H,70,88). The summed E-state index contributed by atoms with van der Waals surface area (Å²) >= 11 is 0. The molecule has 17 atom stereocenters. The fraction of sp³-hybridized carbons (Fsp3) is 0.852. The molecule has 3 saturated heterocycles. The summed E-state index contributed by atoms with van der Waals surface area (Å²) in [6.07, 6.45) is -6.90. The van der Waals surface area contributed by atoms with Crippen LogP contribution in [0.3, 0.4) is 0 Å². The first-order chi connectivity index (χ1) is 45.0. The SMILES string of the molecule is CNC(=O)CCCCCNC(=O)C(CCCCNC(=O)CCCCCOC1OC(CO)C(O)C(O)C1NC(C)=O)NC(=O)C(CCCCNC(=O)CCCCCOC1OC(CO)C(O)C(O)C1NC(C)=O)NC(=O)CCCCCOC1OC(CO)C(O)C(O)C1NC(C)=O. The summed E-state index contributed by atoms with van der Waals surface area (Å²) in [6.45, 7) is 3.02. The summed E-state index contributed by atoms with van der Waals surface area (Å²) < 4.78 is 34.1. The number of ether oxygens (including phenoxy) is 6. The van der Waals surface area contributed by atoms with Gasteiger partial charge in [-0.15, -0.1) is 0 Å². The van der Waals surface area contributed by atoms with Crippen LogP contribution in [0, 0.1) is 0 Å². The van der Waals surface area contributed by atoms with Gasteiger partial charge in [0.1, 0.15) is 85.1 Å². The van der Waals surface area contributed by atoms with Gasteiger partial charge in [-0.2, -0.15) is 0 Å². The second-order valence-electron chi connectivity index (χ2n) is 24.0. The van der Waals surface area contributed by atoms with Gasteiger partial charge in [0, 0.05) is 93.0 Å². The number of unbranched alkanes of at least 4 members (excludes halogenated alkanes) is 10. The number of hydrogen-bond donors (Lipinski definition) is 18. The van der Waals surface area contributed by atoms with Crippen LogP contribution in [-0.4, -0.2) is 269 Å². The lowest BCUT2D eigenvalue weighted by molar-refractivity contribution is -0.270. The van der Waals surface area contributed by atoms with Crippen molar-refractivity contribution >= 4 is 53.2 Å². The minimum atomic E-state index is -1.49. The smallest absolute Gasteiger partial charge is 0.243 e. The van der Waals surface area contributed by atoms with Gasteiger partial charge in [0.15, 0.2) is 18.9 Å². The van der Waals surface area contributed by atoms with Crippen LogP contribution < -0.4 is 47.9 Å². The van der Waals surface area contributed by atoms with Gasteiger partial charge in [-0.1, -0.05) is 25.7 Å². The van der Waals surface area contributed by atoms with Crippen molar-refractivity contribution in [3.05, 3.63) is 0 Å². The molecule has 17 unspecified atom stereocenters. The largest absolute Gasteiger partial charge is 0.394 e. The number of hydrogen-bond acceptors (Lipinski definition) is 24. The molecular weight excluding hydrogens is 1240 g/mol. The van der Waals surface area contributed by atoms with E-state index in [1.807, 2.05) is 0 Å². The third kappa shape index (κ3) is 31.2. The van der Waals surface area contributed by atoms with Crippen LogP contribution in [0.4, 0.5) is 0 Å². The number of aliphatic hydroxyl groups is 9. The summed E-state index contributed by atoms with van der Waals surface area (Å²) in [7, 11) is 1.55. The van der Waals surface area contributed by atoms with Crippen molar-refractivity contribution in [2.45, 2.75) is 266 Å². The van der Waals surface area contributed by atoms with E-state index in [-0.39, 0.29) is 89.3 Å². The zero-order valence-corrected chi connectivity index (χ0v) is 54.9. The molecule has 0 aliphatic carbocycles. The van der Waals surface area contributed by atoms with Crippen LogP contribution in [0.1, 0.15) is 162 Å². The molecule has 3 aliphatic rings. The molecule has 3 aliphatic heterocycles. The minimum absolute atomic E-state index is 0.00667. The maximum absolute atomic E-state index is 14.3.